The molecule has 1 saturated heterocycles. The highest BCUT2D eigenvalue weighted by Gasteiger charge is 2.40. The minimum Gasteiger partial charge on any atom is -0.339 e. The van der Waals surface area contributed by atoms with Crippen LogP contribution in [0.15, 0.2) is 28.8 Å². The molecule has 2 aliphatic carbocycles. The number of carbonyl (C=O) groups is 1. The molecule has 1 aliphatic heterocycles. The summed E-state index contributed by atoms with van der Waals surface area (Å²) in [6.07, 6.45) is 6.41. The fourth-order valence-corrected chi connectivity index (χ4v) is 5.43. The van der Waals surface area contributed by atoms with E-state index < -0.39 is 0 Å². The number of urea groups is 1. The minimum atomic E-state index is 0.105. The molecule has 1 aromatic carbocycles. The van der Waals surface area contributed by atoms with Gasteiger partial charge in [-0.05, 0) is 68.4 Å². The zero-order chi connectivity index (χ0) is 19.1. The summed E-state index contributed by atoms with van der Waals surface area (Å²) in [6.45, 7) is 3.34. The molecule has 1 saturated carbocycles. The van der Waals surface area contributed by atoms with Crippen LogP contribution in [0.5, 0.6) is 0 Å². The molecule has 6 heteroatoms. The van der Waals surface area contributed by atoms with Gasteiger partial charge in [-0.3, -0.25) is 0 Å². The van der Waals surface area contributed by atoms with Gasteiger partial charge >= 0.3 is 6.03 Å². The Kier molecular flexibility index (Phi) is 4.57. The molecule has 0 spiro atoms. The number of piperidine rings is 1. The summed E-state index contributed by atoms with van der Waals surface area (Å²) in [7, 11) is 0. The second kappa shape index (κ2) is 7.22. The van der Waals surface area contributed by atoms with Crippen LogP contribution < -0.4 is 5.32 Å². The van der Waals surface area contributed by atoms with Crippen molar-refractivity contribution >= 4 is 6.03 Å². The van der Waals surface area contributed by atoms with E-state index in [1.807, 2.05) is 11.8 Å². The number of amides is 2. The first-order valence-corrected chi connectivity index (χ1v) is 10.6. The second-order valence-corrected chi connectivity index (χ2v) is 8.69. The molecular weight excluding hydrogens is 352 g/mol. The summed E-state index contributed by atoms with van der Waals surface area (Å²) in [5, 5.41) is 7.31. The third-order valence-corrected chi connectivity index (χ3v) is 6.97. The van der Waals surface area contributed by atoms with Gasteiger partial charge in [-0.25, -0.2) is 4.79 Å². The van der Waals surface area contributed by atoms with Crippen LogP contribution in [0.2, 0.25) is 0 Å². The lowest BCUT2D eigenvalue weighted by Crippen LogP contribution is -2.50. The molecule has 3 aliphatic rings. The van der Waals surface area contributed by atoms with E-state index >= 15 is 0 Å². The first-order chi connectivity index (χ1) is 13.7. The van der Waals surface area contributed by atoms with E-state index in [0.29, 0.717) is 23.7 Å². The summed E-state index contributed by atoms with van der Waals surface area (Å²) >= 11 is 0. The molecule has 0 radical (unpaired) electrons. The molecule has 1 N–H and O–H groups in total. The molecule has 148 valence electrons. The molecule has 2 fully saturated rings. The Morgan fingerprint density at radius 1 is 1.07 bits per heavy atom. The Morgan fingerprint density at radius 2 is 1.71 bits per heavy atom. The van der Waals surface area contributed by atoms with Gasteiger partial charge in [-0.2, -0.15) is 4.98 Å². The number of rotatable bonds is 2. The van der Waals surface area contributed by atoms with Gasteiger partial charge in [0.1, 0.15) is 0 Å². The molecule has 1 aromatic heterocycles. The quantitative estimate of drug-likeness (QED) is 0.866. The molecule has 28 heavy (non-hydrogen) atoms. The number of hydrogen-bond acceptors (Lipinski definition) is 4. The van der Waals surface area contributed by atoms with E-state index in [1.165, 1.54) is 24.0 Å². The van der Waals surface area contributed by atoms with E-state index in [2.05, 4.69) is 39.7 Å². The van der Waals surface area contributed by atoms with Crippen LogP contribution >= 0.6 is 0 Å². The minimum absolute atomic E-state index is 0.105. The van der Waals surface area contributed by atoms with Crippen LogP contribution in [-0.4, -0.2) is 40.2 Å². The largest absolute Gasteiger partial charge is 0.339 e. The van der Waals surface area contributed by atoms with Crippen LogP contribution in [0.1, 0.15) is 54.4 Å². The van der Waals surface area contributed by atoms with E-state index in [0.717, 1.165) is 44.7 Å². The third-order valence-electron chi connectivity index (χ3n) is 6.97. The van der Waals surface area contributed by atoms with Crippen molar-refractivity contribution in [2.24, 2.45) is 11.8 Å². The second-order valence-electron chi connectivity index (χ2n) is 8.69. The number of aryl methyl sites for hydroxylation is 1. The lowest BCUT2D eigenvalue weighted by Gasteiger charge is -2.33. The first-order valence-electron chi connectivity index (χ1n) is 10.6. The lowest BCUT2D eigenvalue weighted by molar-refractivity contribution is 0.166. The summed E-state index contributed by atoms with van der Waals surface area (Å²) < 4.78 is 5.32. The molecular formula is C22H28N4O2. The van der Waals surface area contributed by atoms with Crippen molar-refractivity contribution in [2.75, 3.05) is 13.1 Å². The van der Waals surface area contributed by atoms with Crippen LogP contribution in [-0.2, 0) is 12.8 Å². The summed E-state index contributed by atoms with van der Waals surface area (Å²) in [5.74, 6) is 2.80. The highest BCUT2D eigenvalue weighted by atomic mass is 16.5. The number of benzene rings is 1. The Bertz CT molecular complexity index is 823. The number of fused-ring (bicyclic) bond motifs is 3. The van der Waals surface area contributed by atoms with Gasteiger partial charge in [-0.15, -0.1) is 0 Å². The zero-order valence-corrected chi connectivity index (χ0v) is 16.4. The number of aromatic nitrogens is 2. The summed E-state index contributed by atoms with van der Waals surface area (Å²) in [4.78, 5) is 19.3. The number of carbonyl (C=O) groups excluding carboxylic acids is 1. The van der Waals surface area contributed by atoms with E-state index in [-0.39, 0.29) is 11.9 Å². The van der Waals surface area contributed by atoms with Crippen molar-refractivity contribution in [3.63, 3.8) is 0 Å². The maximum atomic E-state index is 13.0. The number of hydrogen-bond donors (Lipinski definition) is 1. The molecule has 2 atom stereocenters. The van der Waals surface area contributed by atoms with Crippen molar-refractivity contribution in [3.05, 3.63) is 47.1 Å². The van der Waals surface area contributed by atoms with Gasteiger partial charge < -0.3 is 14.7 Å². The van der Waals surface area contributed by atoms with Gasteiger partial charge in [0, 0.05) is 25.0 Å². The van der Waals surface area contributed by atoms with Gasteiger partial charge in [-0.1, -0.05) is 29.4 Å². The normalized spacial score (nSPS) is 27.3. The molecule has 2 unspecified atom stereocenters. The monoisotopic (exact) mass is 380 g/mol. The van der Waals surface area contributed by atoms with Crippen molar-refractivity contribution in [3.8, 4) is 0 Å². The number of likely N-dealkylation sites (tertiary alicyclic amines) is 1. The Labute approximate surface area is 165 Å². The highest BCUT2D eigenvalue weighted by molar-refractivity contribution is 5.74. The van der Waals surface area contributed by atoms with E-state index in [4.69, 9.17) is 4.52 Å². The molecule has 2 aromatic rings. The maximum Gasteiger partial charge on any atom is 0.317 e. The average Bonchev–Trinajstić information content (AvgIpc) is 3.25. The van der Waals surface area contributed by atoms with Crippen LogP contribution in [0.25, 0.3) is 0 Å². The van der Waals surface area contributed by atoms with E-state index in [1.54, 1.807) is 0 Å². The van der Waals surface area contributed by atoms with Crippen LogP contribution in [0, 0.1) is 18.8 Å². The van der Waals surface area contributed by atoms with Crippen molar-refractivity contribution in [1.29, 1.82) is 0 Å². The smallest absolute Gasteiger partial charge is 0.317 e. The Morgan fingerprint density at radius 3 is 2.29 bits per heavy atom. The van der Waals surface area contributed by atoms with Gasteiger partial charge in [0.25, 0.3) is 0 Å². The lowest BCUT2D eigenvalue weighted by atomic mass is 9.94. The maximum absolute atomic E-state index is 13.0. The molecule has 2 heterocycles. The van der Waals surface area contributed by atoms with Crippen molar-refractivity contribution in [1.82, 2.24) is 20.4 Å². The molecule has 5 rings (SSSR count). The molecule has 2 bridgehead atoms. The zero-order valence-electron chi connectivity index (χ0n) is 16.4. The third kappa shape index (κ3) is 3.29. The topological polar surface area (TPSA) is 71.3 Å². The predicted molar refractivity (Wildman–Crippen MR) is 105 cm³/mol. The molecule has 2 amide bonds. The number of nitrogens with zero attached hydrogens (tertiary/aromatic N) is 3. The Hall–Kier alpha value is -2.37. The fraction of sp³-hybridized carbons (Fsp3) is 0.591. The average molecular weight is 380 g/mol. The SMILES string of the molecule is Cc1noc(C2CCN(C(=O)NC3C4CCC3Cc3ccccc3C4)CC2)n1. The van der Waals surface area contributed by atoms with Gasteiger partial charge in [0.05, 0.1) is 0 Å². The summed E-state index contributed by atoms with van der Waals surface area (Å²) in [6, 6.07) is 9.21. The van der Waals surface area contributed by atoms with Crippen LogP contribution in [0.4, 0.5) is 4.79 Å². The van der Waals surface area contributed by atoms with Crippen molar-refractivity contribution in [2.45, 2.75) is 57.4 Å². The Balaban J connectivity index is 1.21. The number of nitrogens with one attached hydrogen (secondary N) is 1. The standard InChI is InChI=1S/C22H28N4O2/c1-14-23-21(28-25-14)15-8-10-26(11-9-15)22(27)24-20-18-6-7-19(20)13-17-5-3-2-4-16(17)12-18/h2-5,15,18-20H,6-13H2,1H3,(H,24,27). The van der Waals surface area contributed by atoms with Gasteiger partial charge in [0.15, 0.2) is 5.82 Å². The fourth-order valence-electron chi connectivity index (χ4n) is 5.43. The van der Waals surface area contributed by atoms with Crippen LogP contribution in [0.3, 0.4) is 0 Å². The van der Waals surface area contributed by atoms with Gasteiger partial charge in [0.2, 0.25) is 5.89 Å². The van der Waals surface area contributed by atoms with Crippen molar-refractivity contribution < 1.29 is 9.32 Å². The summed E-state index contributed by atoms with van der Waals surface area (Å²) in [5.41, 5.74) is 2.95. The van der Waals surface area contributed by atoms with E-state index in [9.17, 15) is 4.79 Å². The highest BCUT2D eigenvalue weighted by Crippen LogP contribution is 2.40. The molecule has 6 nitrogen and oxygen atoms in total. The first kappa shape index (κ1) is 17.7. The predicted octanol–water partition coefficient (Wildman–Crippen LogP) is 3.46.